The minimum atomic E-state index is -0.581. The molecule has 0 atom stereocenters. The Hall–Kier alpha value is -1.65. The number of hydrogen-bond donors (Lipinski definition) is 1. The lowest BCUT2D eigenvalue weighted by molar-refractivity contribution is 0.426. The highest BCUT2D eigenvalue weighted by Gasteiger charge is 2.09. The molecule has 0 saturated carbocycles. The van der Waals surface area contributed by atoms with E-state index >= 15 is 0 Å². The van der Waals surface area contributed by atoms with E-state index in [4.69, 9.17) is 16.3 Å². The zero-order chi connectivity index (χ0) is 13.8. The molecule has 2 rings (SSSR count). The molecule has 0 spiro atoms. The highest BCUT2D eigenvalue weighted by atomic mass is 35.5. The van der Waals surface area contributed by atoms with Crippen LogP contribution in [0, 0.1) is 12.7 Å². The average Bonchev–Trinajstić information content (AvgIpc) is 2.38. The SMILES string of the molecule is CNCc1ccc(Oc2cccc(Cl)c2F)nc1C. The number of hydrogen-bond acceptors (Lipinski definition) is 3. The van der Waals surface area contributed by atoms with E-state index in [1.807, 2.05) is 20.0 Å². The van der Waals surface area contributed by atoms with Gasteiger partial charge in [0, 0.05) is 18.3 Å². The molecule has 5 heteroatoms. The van der Waals surface area contributed by atoms with Crippen molar-refractivity contribution in [3.05, 3.63) is 52.4 Å². The molecule has 0 aliphatic rings. The van der Waals surface area contributed by atoms with Crippen molar-refractivity contribution in [2.75, 3.05) is 7.05 Å². The van der Waals surface area contributed by atoms with Crippen LogP contribution in [0.2, 0.25) is 5.02 Å². The van der Waals surface area contributed by atoms with Crippen LogP contribution in [0.1, 0.15) is 11.3 Å². The Morgan fingerprint density at radius 1 is 1.32 bits per heavy atom. The minimum absolute atomic E-state index is 0.0287. The Morgan fingerprint density at radius 3 is 2.79 bits per heavy atom. The van der Waals surface area contributed by atoms with Crippen LogP contribution in [0.4, 0.5) is 4.39 Å². The molecule has 0 aliphatic carbocycles. The van der Waals surface area contributed by atoms with E-state index in [0.29, 0.717) is 5.88 Å². The molecule has 3 nitrogen and oxygen atoms in total. The fourth-order valence-corrected chi connectivity index (χ4v) is 1.84. The molecule has 0 bridgehead atoms. The van der Waals surface area contributed by atoms with E-state index in [9.17, 15) is 4.39 Å². The highest BCUT2D eigenvalue weighted by molar-refractivity contribution is 6.30. The molecule has 0 fully saturated rings. The van der Waals surface area contributed by atoms with Crippen LogP contribution >= 0.6 is 11.6 Å². The number of aryl methyl sites for hydroxylation is 1. The summed E-state index contributed by atoms with van der Waals surface area (Å²) in [6.07, 6.45) is 0. The predicted molar refractivity (Wildman–Crippen MR) is 73.2 cm³/mol. The van der Waals surface area contributed by atoms with Crippen LogP contribution in [0.3, 0.4) is 0 Å². The summed E-state index contributed by atoms with van der Waals surface area (Å²) in [6.45, 7) is 2.61. The monoisotopic (exact) mass is 280 g/mol. The summed E-state index contributed by atoms with van der Waals surface area (Å²) >= 11 is 5.69. The number of rotatable bonds is 4. The zero-order valence-corrected chi connectivity index (χ0v) is 11.5. The van der Waals surface area contributed by atoms with Crippen molar-refractivity contribution < 1.29 is 9.13 Å². The maximum Gasteiger partial charge on any atom is 0.219 e. The molecule has 100 valence electrons. The van der Waals surface area contributed by atoms with Crippen LogP contribution < -0.4 is 10.1 Å². The molecular weight excluding hydrogens is 267 g/mol. The Labute approximate surface area is 116 Å². The average molecular weight is 281 g/mol. The lowest BCUT2D eigenvalue weighted by atomic mass is 10.2. The van der Waals surface area contributed by atoms with Gasteiger partial charge in [-0.15, -0.1) is 0 Å². The molecule has 19 heavy (non-hydrogen) atoms. The first kappa shape index (κ1) is 13.8. The standard InChI is InChI=1S/C14H14ClFN2O/c1-9-10(8-17-2)6-7-13(18-9)19-12-5-3-4-11(15)14(12)16/h3-7,17H,8H2,1-2H3. The predicted octanol–water partition coefficient (Wildman–Crippen LogP) is 3.69. The van der Waals surface area contributed by atoms with Gasteiger partial charge < -0.3 is 10.1 Å². The third kappa shape index (κ3) is 3.22. The molecule has 2 aromatic rings. The fraction of sp³-hybridized carbons (Fsp3) is 0.214. The van der Waals surface area contributed by atoms with Gasteiger partial charge in [0.25, 0.3) is 0 Å². The largest absolute Gasteiger partial charge is 0.436 e. The van der Waals surface area contributed by atoms with Crippen LogP contribution in [0.25, 0.3) is 0 Å². The van der Waals surface area contributed by atoms with Gasteiger partial charge >= 0.3 is 0 Å². The molecule has 0 saturated heterocycles. The van der Waals surface area contributed by atoms with Crippen molar-refractivity contribution in [3.8, 4) is 11.6 Å². The number of nitrogens with one attached hydrogen (secondary N) is 1. The van der Waals surface area contributed by atoms with Gasteiger partial charge in [0.2, 0.25) is 5.88 Å². The lowest BCUT2D eigenvalue weighted by Crippen LogP contribution is -2.07. The van der Waals surface area contributed by atoms with E-state index in [1.165, 1.54) is 12.1 Å². The Kier molecular flexibility index (Phi) is 4.35. The van der Waals surface area contributed by atoms with E-state index in [2.05, 4.69) is 10.3 Å². The molecule has 0 amide bonds. The highest BCUT2D eigenvalue weighted by Crippen LogP contribution is 2.28. The van der Waals surface area contributed by atoms with Gasteiger partial charge in [-0.2, -0.15) is 0 Å². The zero-order valence-electron chi connectivity index (χ0n) is 10.7. The Bertz CT molecular complexity index is 590. The van der Waals surface area contributed by atoms with Gasteiger partial charge in [-0.3, -0.25) is 0 Å². The van der Waals surface area contributed by atoms with Gasteiger partial charge in [0.1, 0.15) is 0 Å². The molecular formula is C14H14ClFN2O. The van der Waals surface area contributed by atoms with Crippen molar-refractivity contribution in [3.63, 3.8) is 0 Å². The van der Waals surface area contributed by atoms with Crippen LogP contribution in [-0.2, 0) is 6.54 Å². The summed E-state index contributed by atoms with van der Waals surface area (Å²) in [5.41, 5.74) is 1.91. The first-order valence-corrected chi connectivity index (χ1v) is 6.22. The Morgan fingerprint density at radius 2 is 2.11 bits per heavy atom. The number of ether oxygens (including phenoxy) is 1. The second-order valence-corrected chi connectivity index (χ2v) is 4.49. The van der Waals surface area contributed by atoms with E-state index < -0.39 is 5.82 Å². The number of pyridine rings is 1. The van der Waals surface area contributed by atoms with E-state index in [1.54, 1.807) is 12.1 Å². The maximum atomic E-state index is 13.7. The van der Waals surface area contributed by atoms with Crippen molar-refractivity contribution >= 4 is 11.6 Å². The quantitative estimate of drug-likeness (QED) is 0.927. The second kappa shape index (κ2) is 5.99. The number of halogens is 2. The molecule has 0 unspecified atom stereocenters. The van der Waals surface area contributed by atoms with Crippen LogP contribution in [0.5, 0.6) is 11.6 Å². The third-order valence-corrected chi connectivity index (χ3v) is 2.96. The van der Waals surface area contributed by atoms with Crippen LogP contribution in [-0.4, -0.2) is 12.0 Å². The third-order valence-electron chi connectivity index (χ3n) is 2.67. The molecule has 0 aliphatic heterocycles. The summed E-state index contributed by atoms with van der Waals surface area (Å²) in [6, 6.07) is 8.22. The molecule has 1 N–H and O–H groups in total. The Balaban J connectivity index is 2.24. The maximum absolute atomic E-state index is 13.7. The van der Waals surface area contributed by atoms with Crippen molar-refractivity contribution in [2.45, 2.75) is 13.5 Å². The van der Waals surface area contributed by atoms with Crippen molar-refractivity contribution in [1.29, 1.82) is 0 Å². The summed E-state index contributed by atoms with van der Waals surface area (Å²) in [5, 5.41) is 3.08. The molecule has 1 aromatic heterocycles. The summed E-state index contributed by atoms with van der Waals surface area (Å²) < 4.78 is 19.1. The number of aromatic nitrogens is 1. The van der Waals surface area contributed by atoms with Gasteiger partial charge in [-0.1, -0.05) is 23.7 Å². The van der Waals surface area contributed by atoms with Gasteiger partial charge in [0.15, 0.2) is 11.6 Å². The topological polar surface area (TPSA) is 34.1 Å². The van der Waals surface area contributed by atoms with Gasteiger partial charge in [-0.25, -0.2) is 9.37 Å². The van der Waals surface area contributed by atoms with E-state index in [-0.39, 0.29) is 10.8 Å². The smallest absolute Gasteiger partial charge is 0.219 e. The normalized spacial score (nSPS) is 10.5. The molecule has 0 radical (unpaired) electrons. The van der Waals surface area contributed by atoms with Gasteiger partial charge in [0.05, 0.1) is 5.02 Å². The second-order valence-electron chi connectivity index (χ2n) is 4.08. The summed E-state index contributed by atoms with van der Waals surface area (Å²) in [4.78, 5) is 4.29. The summed E-state index contributed by atoms with van der Waals surface area (Å²) in [7, 11) is 1.87. The first-order chi connectivity index (χ1) is 9.11. The first-order valence-electron chi connectivity index (χ1n) is 5.85. The van der Waals surface area contributed by atoms with Gasteiger partial charge in [-0.05, 0) is 31.7 Å². The van der Waals surface area contributed by atoms with Crippen molar-refractivity contribution in [1.82, 2.24) is 10.3 Å². The number of nitrogens with zero attached hydrogens (tertiary/aromatic N) is 1. The van der Waals surface area contributed by atoms with E-state index in [0.717, 1.165) is 17.8 Å². The molecule has 1 aromatic carbocycles. The fourth-order valence-electron chi connectivity index (χ4n) is 1.68. The molecule has 1 heterocycles. The lowest BCUT2D eigenvalue weighted by Gasteiger charge is -2.09. The summed E-state index contributed by atoms with van der Waals surface area (Å²) in [5.74, 6) is -0.165. The number of benzene rings is 1. The minimum Gasteiger partial charge on any atom is -0.436 e. The van der Waals surface area contributed by atoms with Crippen molar-refractivity contribution in [2.24, 2.45) is 0 Å². The van der Waals surface area contributed by atoms with Crippen LogP contribution in [0.15, 0.2) is 30.3 Å².